The number of hydrogen-bond acceptors (Lipinski definition) is 3. The van der Waals surface area contributed by atoms with E-state index in [4.69, 9.17) is 5.11 Å². The summed E-state index contributed by atoms with van der Waals surface area (Å²) in [7, 11) is 0. The van der Waals surface area contributed by atoms with Crippen LogP contribution < -0.4 is 10.6 Å². The lowest BCUT2D eigenvalue weighted by molar-refractivity contribution is -0.148. The van der Waals surface area contributed by atoms with Crippen LogP contribution >= 0.6 is 0 Å². The lowest BCUT2D eigenvalue weighted by atomic mass is 9.77. The summed E-state index contributed by atoms with van der Waals surface area (Å²) in [4.78, 5) is 26.8. The lowest BCUT2D eigenvalue weighted by Gasteiger charge is -2.38. The lowest BCUT2D eigenvalue weighted by Crippen LogP contribution is -2.60. The van der Waals surface area contributed by atoms with Crippen molar-refractivity contribution in [2.45, 2.75) is 31.7 Å². The van der Waals surface area contributed by atoms with Gasteiger partial charge in [0.25, 0.3) is 0 Å². The fourth-order valence-electron chi connectivity index (χ4n) is 1.89. The van der Waals surface area contributed by atoms with Crippen LogP contribution in [0.2, 0.25) is 0 Å². The Morgan fingerprint density at radius 1 is 1.44 bits per heavy atom. The molecule has 6 heteroatoms. The number of carboxylic acid groups (broad SMARTS) is 1. The molecule has 2 rings (SSSR count). The van der Waals surface area contributed by atoms with Gasteiger partial charge in [-0.05, 0) is 37.8 Å². The molecule has 2 amide bonds. The SMILES string of the molecule is Cc1ccncc1NC(=O)NC1(C(=O)O)CCC1. The number of carbonyl (C=O) groups is 2. The van der Waals surface area contributed by atoms with E-state index in [2.05, 4.69) is 15.6 Å². The molecule has 6 nitrogen and oxygen atoms in total. The fraction of sp³-hybridized carbons (Fsp3) is 0.417. The average molecular weight is 249 g/mol. The van der Waals surface area contributed by atoms with Crippen molar-refractivity contribution in [2.24, 2.45) is 0 Å². The Kier molecular flexibility index (Phi) is 3.18. The van der Waals surface area contributed by atoms with E-state index >= 15 is 0 Å². The Morgan fingerprint density at radius 2 is 2.17 bits per heavy atom. The number of nitrogens with zero attached hydrogens (tertiary/aromatic N) is 1. The van der Waals surface area contributed by atoms with Gasteiger partial charge in [-0.2, -0.15) is 0 Å². The molecule has 1 heterocycles. The van der Waals surface area contributed by atoms with Gasteiger partial charge in [0.05, 0.1) is 11.9 Å². The molecule has 1 aromatic heterocycles. The third-order valence-corrected chi connectivity index (χ3v) is 3.26. The maximum absolute atomic E-state index is 11.8. The predicted molar refractivity (Wildman–Crippen MR) is 65.3 cm³/mol. The average Bonchev–Trinajstić information content (AvgIpc) is 2.26. The summed E-state index contributed by atoms with van der Waals surface area (Å²) >= 11 is 0. The number of hydrogen-bond donors (Lipinski definition) is 3. The summed E-state index contributed by atoms with van der Waals surface area (Å²) in [5.41, 5.74) is 0.355. The van der Waals surface area contributed by atoms with Crippen LogP contribution in [0.5, 0.6) is 0 Å². The largest absolute Gasteiger partial charge is 0.480 e. The van der Waals surface area contributed by atoms with Gasteiger partial charge in [-0.3, -0.25) is 4.98 Å². The number of rotatable bonds is 3. The van der Waals surface area contributed by atoms with Crippen molar-refractivity contribution in [3.05, 3.63) is 24.0 Å². The summed E-state index contributed by atoms with van der Waals surface area (Å²) in [6.07, 6.45) is 4.92. The van der Waals surface area contributed by atoms with Crippen LogP contribution in [-0.4, -0.2) is 27.6 Å². The number of aryl methyl sites for hydroxylation is 1. The molecule has 1 aromatic rings. The molecule has 0 unspecified atom stereocenters. The van der Waals surface area contributed by atoms with Crippen molar-refractivity contribution in [1.29, 1.82) is 0 Å². The maximum atomic E-state index is 11.8. The first kappa shape index (κ1) is 12.3. The second kappa shape index (κ2) is 4.64. The monoisotopic (exact) mass is 249 g/mol. The van der Waals surface area contributed by atoms with Gasteiger partial charge in [0.15, 0.2) is 0 Å². The van der Waals surface area contributed by atoms with E-state index in [1.165, 1.54) is 6.20 Å². The van der Waals surface area contributed by atoms with E-state index in [0.717, 1.165) is 12.0 Å². The summed E-state index contributed by atoms with van der Waals surface area (Å²) in [5.74, 6) is -0.980. The van der Waals surface area contributed by atoms with Crippen molar-refractivity contribution in [3.63, 3.8) is 0 Å². The molecule has 0 atom stereocenters. The fourth-order valence-corrected chi connectivity index (χ4v) is 1.89. The van der Waals surface area contributed by atoms with Crippen molar-refractivity contribution in [1.82, 2.24) is 10.3 Å². The second-order valence-electron chi connectivity index (χ2n) is 4.51. The quantitative estimate of drug-likeness (QED) is 0.757. The first-order valence-corrected chi connectivity index (χ1v) is 5.77. The van der Waals surface area contributed by atoms with Gasteiger partial charge in [0.2, 0.25) is 0 Å². The number of pyridine rings is 1. The molecule has 96 valence electrons. The molecule has 0 aromatic carbocycles. The van der Waals surface area contributed by atoms with Crippen molar-refractivity contribution < 1.29 is 14.7 Å². The zero-order chi connectivity index (χ0) is 13.2. The second-order valence-corrected chi connectivity index (χ2v) is 4.51. The number of nitrogens with one attached hydrogen (secondary N) is 2. The Bertz CT molecular complexity index is 483. The predicted octanol–water partition coefficient (Wildman–Crippen LogP) is 1.52. The molecule has 0 radical (unpaired) electrons. The molecular weight excluding hydrogens is 234 g/mol. The van der Waals surface area contributed by atoms with Crippen LogP contribution in [0.3, 0.4) is 0 Å². The molecule has 18 heavy (non-hydrogen) atoms. The highest BCUT2D eigenvalue weighted by molar-refractivity contribution is 5.94. The van der Waals surface area contributed by atoms with Gasteiger partial charge in [0.1, 0.15) is 5.54 Å². The van der Waals surface area contributed by atoms with E-state index in [1.807, 2.05) is 6.92 Å². The molecule has 1 aliphatic rings. The Balaban J connectivity index is 2.01. The Labute approximate surface area is 104 Å². The maximum Gasteiger partial charge on any atom is 0.329 e. The zero-order valence-corrected chi connectivity index (χ0v) is 10.1. The molecule has 1 saturated carbocycles. The van der Waals surface area contributed by atoms with Gasteiger partial charge in [-0.1, -0.05) is 0 Å². The van der Waals surface area contributed by atoms with Crippen LogP contribution in [-0.2, 0) is 4.79 Å². The van der Waals surface area contributed by atoms with Gasteiger partial charge in [-0.25, -0.2) is 9.59 Å². The third kappa shape index (κ3) is 2.27. The summed E-state index contributed by atoms with van der Waals surface area (Å²) < 4.78 is 0. The van der Waals surface area contributed by atoms with Gasteiger partial charge < -0.3 is 15.7 Å². The molecule has 0 bridgehead atoms. The number of carbonyl (C=O) groups excluding carboxylic acids is 1. The van der Waals surface area contributed by atoms with Gasteiger partial charge in [-0.15, -0.1) is 0 Å². The van der Waals surface area contributed by atoms with E-state index in [-0.39, 0.29) is 0 Å². The number of amides is 2. The van der Waals surface area contributed by atoms with E-state index in [0.29, 0.717) is 18.5 Å². The van der Waals surface area contributed by atoms with Crippen LogP contribution in [0.1, 0.15) is 24.8 Å². The zero-order valence-electron chi connectivity index (χ0n) is 10.1. The molecule has 1 fully saturated rings. The highest BCUT2D eigenvalue weighted by atomic mass is 16.4. The minimum absolute atomic E-state index is 0.474. The van der Waals surface area contributed by atoms with Gasteiger partial charge in [0, 0.05) is 6.20 Å². The summed E-state index contributed by atoms with van der Waals surface area (Å²) in [5, 5.41) is 14.2. The number of aliphatic carboxylic acids is 1. The minimum atomic E-state index is -1.10. The first-order valence-electron chi connectivity index (χ1n) is 5.77. The Morgan fingerprint density at radius 3 is 2.67 bits per heavy atom. The smallest absolute Gasteiger partial charge is 0.329 e. The summed E-state index contributed by atoms with van der Waals surface area (Å²) in [6, 6.07) is 1.26. The number of anilines is 1. The van der Waals surface area contributed by atoms with Gasteiger partial charge >= 0.3 is 12.0 Å². The summed E-state index contributed by atoms with van der Waals surface area (Å²) in [6.45, 7) is 1.84. The highest BCUT2D eigenvalue weighted by Gasteiger charge is 2.45. The van der Waals surface area contributed by atoms with E-state index < -0.39 is 17.5 Å². The number of urea groups is 1. The molecule has 1 aliphatic carbocycles. The van der Waals surface area contributed by atoms with Crippen molar-refractivity contribution >= 4 is 17.7 Å². The van der Waals surface area contributed by atoms with E-state index in [1.54, 1.807) is 12.3 Å². The third-order valence-electron chi connectivity index (χ3n) is 3.26. The Hall–Kier alpha value is -2.11. The van der Waals surface area contributed by atoms with Crippen molar-refractivity contribution in [2.75, 3.05) is 5.32 Å². The first-order chi connectivity index (χ1) is 8.53. The molecule has 0 aliphatic heterocycles. The molecule has 0 saturated heterocycles. The van der Waals surface area contributed by atoms with Crippen LogP contribution in [0.15, 0.2) is 18.5 Å². The normalized spacial score (nSPS) is 16.5. The minimum Gasteiger partial charge on any atom is -0.480 e. The molecule has 3 N–H and O–H groups in total. The number of aromatic nitrogens is 1. The van der Waals surface area contributed by atoms with Crippen LogP contribution in [0.4, 0.5) is 10.5 Å². The van der Waals surface area contributed by atoms with Crippen LogP contribution in [0.25, 0.3) is 0 Å². The molecule has 0 spiro atoms. The highest BCUT2D eigenvalue weighted by Crippen LogP contribution is 2.32. The van der Waals surface area contributed by atoms with Crippen molar-refractivity contribution in [3.8, 4) is 0 Å². The number of carboxylic acids is 1. The molecular formula is C12H15N3O3. The topological polar surface area (TPSA) is 91.3 Å². The standard InChI is InChI=1S/C12H15N3O3/c1-8-3-6-13-7-9(8)14-11(18)15-12(10(16)17)4-2-5-12/h3,6-7H,2,4-5H2,1H3,(H,16,17)(H2,14,15,18). The van der Waals surface area contributed by atoms with E-state index in [9.17, 15) is 9.59 Å². The van der Waals surface area contributed by atoms with Crippen LogP contribution in [0, 0.1) is 6.92 Å².